The van der Waals surface area contributed by atoms with Gasteiger partial charge in [-0.15, -0.1) is 0 Å². The second-order valence-electron chi connectivity index (χ2n) is 4.37. The van der Waals surface area contributed by atoms with E-state index in [9.17, 15) is 4.79 Å². The second kappa shape index (κ2) is 5.45. The maximum Gasteiger partial charge on any atom is 0.335 e. The largest absolute Gasteiger partial charge is 0.478 e. The Morgan fingerprint density at radius 2 is 1.79 bits per heavy atom. The summed E-state index contributed by atoms with van der Waals surface area (Å²) in [7, 11) is 1.95. The molecule has 0 amide bonds. The third kappa shape index (κ3) is 2.96. The zero-order valence-corrected chi connectivity index (χ0v) is 12.3. The molecule has 2 rings (SSSR count). The van der Waals surface area contributed by atoms with E-state index in [1.54, 1.807) is 18.2 Å². The number of carboxylic acids is 1. The average molecular weight is 320 g/mol. The Balaban J connectivity index is 2.36. The van der Waals surface area contributed by atoms with Crippen LogP contribution in [0, 0.1) is 6.92 Å². The van der Waals surface area contributed by atoms with Crippen molar-refractivity contribution in [1.82, 2.24) is 0 Å². The van der Waals surface area contributed by atoms with Crippen LogP contribution in [0.15, 0.2) is 46.9 Å². The van der Waals surface area contributed by atoms with Crippen molar-refractivity contribution < 1.29 is 9.90 Å². The van der Waals surface area contributed by atoms with Gasteiger partial charge in [0.1, 0.15) is 0 Å². The minimum atomic E-state index is -0.926. The Morgan fingerprint density at radius 3 is 2.32 bits per heavy atom. The molecular formula is C15H14BrNO2. The lowest BCUT2D eigenvalue weighted by molar-refractivity contribution is 0.0697. The molecule has 0 aliphatic carbocycles. The minimum absolute atomic E-state index is 0.271. The molecule has 1 N–H and O–H groups in total. The molecule has 0 bridgehead atoms. The molecule has 0 radical (unpaired) electrons. The number of halogens is 1. The summed E-state index contributed by atoms with van der Waals surface area (Å²) < 4.78 is 0.760. The molecule has 0 unspecified atom stereocenters. The van der Waals surface area contributed by atoms with E-state index in [1.165, 1.54) is 5.56 Å². The molecular weight excluding hydrogens is 306 g/mol. The van der Waals surface area contributed by atoms with E-state index in [-0.39, 0.29) is 5.56 Å². The number of hydrogen-bond donors (Lipinski definition) is 1. The predicted molar refractivity (Wildman–Crippen MR) is 80.3 cm³/mol. The van der Waals surface area contributed by atoms with Gasteiger partial charge in [-0.3, -0.25) is 0 Å². The molecule has 3 nitrogen and oxygen atoms in total. The van der Waals surface area contributed by atoms with Gasteiger partial charge in [-0.2, -0.15) is 0 Å². The van der Waals surface area contributed by atoms with E-state index < -0.39 is 5.97 Å². The summed E-state index contributed by atoms with van der Waals surface area (Å²) in [4.78, 5) is 12.9. The third-order valence-corrected chi connectivity index (χ3v) is 3.61. The van der Waals surface area contributed by atoms with E-state index in [1.807, 2.05) is 43.1 Å². The van der Waals surface area contributed by atoms with Gasteiger partial charge in [-0.05, 0) is 53.2 Å². The fraction of sp³-hybridized carbons (Fsp3) is 0.133. The van der Waals surface area contributed by atoms with Gasteiger partial charge in [0.25, 0.3) is 0 Å². The van der Waals surface area contributed by atoms with Crippen molar-refractivity contribution in [3.63, 3.8) is 0 Å². The Morgan fingerprint density at radius 1 is 1.16 bits per heavy atom. The number of carbonyl (C=O) groups is 1. The maximum atomic E-state index is 10.9. The van der Waals surface area contributed by atoms with Gasteiger partial charge in [-0.25, -0.2) is 4.79 Å². The van der Waals surface area contributed by atoms with E-state index in [4.69, 9.17) is 5.11 Å². The Kier molecular flexibility index (Phi) is 3.90. The van der Waals surface area contributed by atoms with Crippen molar-refractivity contribution in [2.75, 3.05) is 11.9 Å². The smallest absolute Gasteiger partial charge is 0.335 e. The molecule has 0 fully saturated rings. The highest BCUT2D eigenvalue weighted by molar-refractivity contribution is 9.10. The number of anilines is 2. The standard InChI is InChI=1S/C15H14BrNO2/c1-10-3-6-12(7-4-10)17(2)14-8-5-11(15(18)19)9-13(14)16/h3-9H,1-2H3,(H,18,19). The molecule has 0 saturated carbocycles. The van der Waals surface area contributed by atoms with Gasteiger partial charge in [0, 0.05) is 17.2 Å². The normalized spacial score (nSPS) is 10.3. The first-order valence-corrected chi connectivity index (χ1v) is 6.61. The van der Waals surface area contributed by atoms with Crippen LogP contribution in [0.4, 0.5) is 11.4 Å². The van der Waals surface area contributed by atoms with Gasteiger partial charge in [0.05, 0.1) is 11.3 Å². The van der Waals surface area contributed by atoms with E-state index in [0.29, 0.717) is 0 Å². The van der Waals surface area contributed by atoms with Crippen molar-refractivity contribution in [1.29, 1.82) is 0 Å². The molecule has 0 spiro atoms. The van der Waals surface area contributed by atoms with Crippen molar-refractivity contribution in [2.24, 2.45) is 0 Å². The molecule has 0 saturated heterocycles. The summed E-state index contributed by atoms with van der Waals surface area (Å²) in [5, 5.41) is 8.95. The minimum Gasteiger partial charge on any atom is -0.478 e. The Labute approximate surface area is 120 Å². The number of aryl methyl sites for hydroxylation is 1. The van der Waals surface area contributed by atoms with E-state index >= 15 is 0 Å². The molecule has 0 atom stereocenters. The molecule has 0 aliphatic rings. The molecule has 0 heterocycles. The predicted octanol–water partition coefficient (Wildman–Crippen LogP) is 4.22. The van der Waals surface area contributed by atoms with Gasteiger partial charge in [0.15, 0.2) is 0 Å². The van der Waals surface area contributed by atoms with Gasteiger partial charge in [-0.1, -0.05) is 17.7 Å². The SMILES string of the molecule is Cc1ccc(N(C)c2ccc(C(=O)O)cc2Br)cc1. The zero-order valence-electron chi connectivity index (χ0n) is 10.7. The first-order chi connectivity index (χ1) is 8.99. The van der Waals surface area contributed by atoms with Crippen LogP contribution in [0.1, 0.15) is 15.9 Å². The average Bonchev–Trinajstić information content (AvgIpc) is 2.38. The third-order valence-electron chi connectivity index (χ3n) is 2.98. The first kappa shape index (κ1) is 13.6. The van der Waals surface area contributed by atoms with Crippen LogP contribution in [-0.2, 0) is 0 Å². The lowest BCUT2D eigenvalue weighted by atomic mass is 10.1. The highest BCUT2D eigenvalue weighted by atomic mass is 79.9. The number of carboxylic acid groups (broad SMARTS) is 1. The zero-order chi connectivity index (χ0) is 14.0. The van der Waals surface area contributed by atoms with E-state index in [2.05, 4.69) is 15.9 Å². The maximum absolute atomic E-state index is 10.9. The van der Waals surface area contributed by atoms with Gasteiger partial charge in [0.2, 0.25) is 0 Å². The fourth-order valence-electron chi connectivity index (χ4n) is 1.82. The van der Waals surface area contributed by atoms with Crippen LogP contribution in [0.3, 0.4) is 0 Å². The summed E-state index contributed by atoms with van der Waals surface area (Å²) in [5.74, 6) is -0.926. The monoisotopic (exact) mass is 319 g/mol. The van der Waals surface area contributed by atoms with Crippen LogP contribution in [0.5, 0.6) is 0 Å². The number of hydrogen-bond acceptors (Lipinski definition) is 2. The van der Waals surface area contributed by atoms with Crippen molar-refractivity contribution in [3.8, 4) is 0 Å². The summed E-state index contributed by atoms with van der Waals surface area (Å²) in [5.41, 5.74) is 3.45. The molecule has 2 aromatic rings. The second-order valence-corrected chi connectivity index (χ2v) is 5.22. The lowest BCUT2D eigenvalue weighted by Crippen LogP contribution is -2.10. The number of aromatic carboxylic acids is 1. The quantitative estimate of drug-likeness (QED) is 0.920. The molecule has 2 aromatic carbocycles. The van der Waals surface area contributed by atoms with Crippen LogP contribution in [-0.4, -0.2) is 18.1 Å². The van der Waals surface area contributed by atoms with E-state index in [0.717, 1.165) is 15.8 Å². The van der Waals surface area contributed by atoms with Crippen molar-refractivity contribution in [3.05, 3.63) is 58.1 Å². The topological polar surface area (TPSA) is 40.5 Å². The number of nitrogens with zero attached hydrogens (tertiary/aromatic N) is 1. The highest BCUT2D eigenvalue weighted by Gasteiger charge is 2.11. The fourth-order valence-corrected chi connectivity index (χ4v) is 2.46. The Hall–Kier alpha value is -1.81. The molecule has 0 aliphatic heterocycles. The summed E-state index contributed by atoms with van der Waals surface area (Å²) in [6.07, 6.45) is 0. The lowest BCUT2D eigenvalue weighted by Gasteiger charge is -2.21. The molecule has 19 heavy (non-hydrogen) atoms. The Bertz CT molecular complexity index is 608. The number of benzene rings is 2. The van der Waals surface area contributed by atoms with Crippen LogP contribution in [0.25, 0.3) is 0 Å². The number of rotatable bonds is 3. The van der Waals surface area contributed by atoms with Crippen LogP contribution < -0.4 is 4.90 Å². The first-order valence-electron chi connectivity index (χ1n) is 5.82. The highest BCUT2D eigenvalue weighted by Crippen LogP contribution is 2.31. The molecule has 98 valence electrons. The summed E-state index contributed by atoms with van der Waals surface area (Å²) >= 11 is 3.42. The summed E-state index contributed by atoms with van der Waals surface area (Å²) in [6, 6.07) is 13.2. The summed E-state index contributed by atoms with van der Waals surface area (Å²) in [6.45, 7) is 2.04. The van der Waals surface area contributed by atoms with Gasteiger partial charge >= 0.3 is 5.97 Å². The van der Waals surface area contributed by atoms with Crippen molar-refractivity contribution in [2.45, 2.75) is 6.92 Å². The van der Waals surface area contributed by atoms with Crippen LogP contribution >= 0.6 is 15.9 Å². The molecule has 4 heteroatoms. The molecule has 0 aromatic heterocycles. The van der Waals surface area contributed by atoms with Crippen LogP contribution in [0.2, 0.25) is 0 Å². The van der Waals surface area contributed by atoms with Crippen molar-refractivity contribution >= 4 is 33.3 Å². The van der Waals surface area contributed by atoms with Gasteiger partial charge < -0.3 is 10.0 Å².